The third-order valence-electron chi connectivity index (χ3n) is 11.1. The maximum absolute atomic E-state index is 9.78. The van der Waals surface area contributed by atoms with Gasteiger partial charge < -0.3 is 4.57 Å². The summed E-state index contributed by atoms with van der Waals surface area (Å²) in [7, 11) is 0. The summed E-state index contributed by atoms with van der Waals surface area (Å²) in [6.07, 6.45) is 3.69. The van der Waals surface area contributed by atoms with Crippen molar-refractivity contribution >= 4 is 54.1 Å². The maximum Gasteiger partial charge on any atom is 0.0992 e. The summed E-state index contributed by atoms with van der Waals surface area (Å²) in [6.45, 7) is 0. The average molecular weight is 699 g/mol. The van der Waals surface area contributed by atoms with Gasteiger partial charge in [0.2, 0.25) is 0 Å². The minimum Gasteiger partial charge on any atom is -0.309 e. The summed E-state index contributed by atoms with van der Waals surface area (Å²) in [5, 5.41) is 19.5. The van der Waals surface area contributed by atoms with Gasteiger partial charge in [0.15, 0.2) is 0 Å². The lowest BCUT2D eigenvalue weighted by molar-refractivity contribution is 1.18. The van der Waals surface area contributed by atoms with E-state index in [1.54, 1.807) is 0 Å². The van der Waals surface area contributed by atoms with Gasteiger partial charge in [-0.15, -0.1) is 0 Å². The number of aromatic nitrogens is 3. The molecule has 0 aliphatic rings. The molecule has 254 valence electrons. The molecule has 0 unspecified atom stereocenters. The molecule has 0 spiro atoms. The van der Waals surface area contributed by atoms with Crippen molar-refractivity contribution in [3.8, 4) is 56.5 Å². The molecule has 0 N–H and O–H groups in total. The predicted octanol–water partition coefficient (Wildman–Crippen LogP) is 13.0. The predicted molar refractivity (Wildman–Crippen MR) is 227 cm³/mol. The first kappa shape index (κ1) is 31.0. The Hall–Kier alpha value is -7.61. The molecule has 55 heavy (non-hydrogen) atoms. The third-order valence-corrected chi connectivity index (χ3v) is 11.1. The van der Waals surface area contributed by atoms with Gasteiger partial charge in [-0.25, -0.2) is 0 Å². The van der Waals surface area contributed by atoms with E-state index in [2.05, 4.69) is 138 Å². The van der Waals surface area contributed by atoms with E-state index in [4.69, 9.17) is 9.97 Å². The first-order valence-corrected chi connectivity index (χ1v) is 18.4. The van der Waals surface area contributed by atoms with Crippen LogP contribution in [0.5, 0.6) is 0 Å². The Bertz CT molecular complexity index is 3250. The lowest BCUT2D eigenvalue weighted by Crippen LogP contribution is -1.94. The van der Waals surface area contributed by atoms with Crippen molar-refractivity contribution in [1.82, 2.24) is 14.5 Å². The van der Waals surface area contributed by atoms with Crippen molar-refractivity contribution in [3.05, 3.63) is 188 Å². The molecule has 0 aliphatic heterocycles. The molecule has 4 nitrogen and oxygen atoms in total. The van der Waals surface area contributed by atoms with Crippen LogP contribution in [0.2, 0.25) is 0 Å². The normalized spacial score (nSPS) is 11.6. The number of benzene rings is 8. The molecule has 0 saturated heterocycles. The van der Waals surface area contributed by atoms with Crippen LogP contribution in [-0.4, -0.2) is 14.5 Å². The van der Waals surface area contributed by atoms with Crippen molar-refractivity contribution < 1.29 is 0 Å². The molecule has 0 saturated carbocycles. The lowest BCUT2D eigenvalue weighted by atomic mass is 9.86. The molecule has 0 bridgehead atoms. The summed E-state index contributed by atoms with van der Waals surface area (Å²) in [6, 6.07) is 62.5. The highest BCUT2D eigenvalue weighted by Gasteiger charge is 2.19. The number of rotatable bonds is 5. The second-order valence-corrected chi connectivity index (χ2v) is 14.1. The minimum absolute atomic E-state index is 0.648. The van der Waals surface area contributed by atoms with Crippen LogP contribution >= 0.6 is 0 Å². The van der Waals surface area contributed by atoms with Crippen LogP contribution in [0.25, 0.3) is 105 Å². The van der Waals surface area contributed by atoms with E-state index < -0.39 is 0 Å². The monoisotopic (exact) mass is 698 g/mol. The number of pyridine rings is 2. The maximum atomic E-state index is 9.78. The van der Waals surface area contributed by atoms with E-state index in [1.807, 2.05) is 54.9 Å². The molecule has 0 amide bonds. The van der Waals surface area contributed by atoms with Crippen molar-refractivity contribution in [1.29, 1.82) is 5.26 Å². The Morgan fingerprint density at radius 1 is 0.418 bits per heavy atom. The average Bonchev–Trinajstić information content (AvgIpc) is 3.59. The van der Waals surface area contributed by atoms with Crippen molar-refractivity contribution in [3.63, 3.8) is 0 Å². The molecule has 0 fully saturated rings. The standard InChI is InChI=1S/C51H30N4/c52-31-32-12-18-42-43-21-17-35(30-49(43)55(48(42)26-32)39-8-2-1-3-9-39)40-19-13-33-16-23-45-41(20-14-34-15-22-44(40)50(33)51(34)45)36-27-37(46-10-4-6-24-53-46)29-38(28-36)47-11-5-7-25-54-47/h1-30H. The third kappa shape index (κ3) is 4.91. The molecular weight excluding hydrogens is 669 g/mol. The summed E-state index contributed by atoms with van der Waals surface area (Å²) in [5.41, 5.74) is 12.4. The van der Waals surface area contributed by atoms with Gasteiger partial charge in [0.05, 0.1) is 34.1 Å². The highest BCUT2D eigenvalue weighted by atomic mass is 15.0. The van der Waals surface area contributed by atoms with Gasteiger partial charge in [0.25, 0.3) is 0 Å². The molecule has 3 heterocycles. The van der Waals surface area contributed by atoms with Crippen molar-refractivity contribution in [2.75, 3.05) is 0 Å². The fourth-order valence-electron chi connectivity index (χ4n) is 8.56. The minimum atomic E-state index is 0.648. The Balaban J connectivity index is 1.14. The van der Waals surface area contributed by atoms with Crippen LogP contribution in [0.4, 0.5) is 0 Å². The van der Waals surface area contributed by atoms with Gasteiger partial charge >= 0.3 is 0 Å². The van der Waals surface area contributed by atoms with Gasteiger partial charge in [-0.05, 0) is 127 Å². The van der Waals surface area contributed by atoms with Gasteiger partial charge in [0, 0.05) is 40.0 Å². The highest BCUT2D eigenvalue weighted by Crippen LogP contribution is 2.44. The van der Waals surface area contributed by atoms with E-state index in [0.29, 0.717) is 5.56 Å². The Labute approximate surface area is 317 Å². The van der Waals surface area contributed by atoms with E-state index in [-0.39, 0.29) is 0 Å². The lowest BCUT2D eigenvalue weighted by Gasteiger charge is -2.17. The number of hydrogen-bond donors (Lipinski definition) is 0. The zero-order valence-electron chi connectivity index (χ0n) is 29.6. The second-order valence-electron chi connectivity index (χ2n) is 14.1. The quantitative estimate of drug-likeness (QED) is 0.168. The van der Waals surface area contributed by atoms with Gasteiger partial charge in [-0.1, -0.05) is 97.1 Å². The highest BCUT2D eigenvalue weighted by molar-refractivity contribution is 6.28. The topological polar surface area (TPSA) is 54.5 Å². The Kier molecular flexibility index (Phi) is 6.89. The summed E-state index contributed by atoms with van der Waals surface area (Å²) < 4.78 is 2.29. The molecular formula is C51H30N4. The van der Waals surface area contributed by atoms with Crippen LogP contribution in [0.3, 0.4) is 0 Å². The van der Waals surface area contributed by atoms with Gasteiger partial charge in [0.1, 0.15) is 0 Å². The Morgan fingerprint density at radius 2 is 0.945 bits per heavy atom. The van der Waals surface area contributed by atoms with Crippen LogP contribution < -0.4 is 0 Å². The fraction of sp³-hybridized carbons (Fsp3) is 0. The van der Waals surface area contributed by atoms with Gasteiger partial charge in [-0.3, -0.25) is 9.97 Å². The number of nitriles is 1. The van der Waals surface area contributed by atoms with Gasteiger partial charge in [-0.2, -0.15) is 5.26 Å². The van der Waals surface area contributed by atoms with Crippen LogP contribution in [-0.2, 0) is 0 Å². The van der Waals surface area contributed by atoms with Crippen LogP contribution in [0, 0.1) is 11.3 Å². The molecule has 8 aromatic carbocycles. The zero-order valence-corrected chi connectivity index (χ0v) is 29.6. The molecule has 11 aromatic rings. The molecule has 0 aliphatic carbocycles. The largest absolute Gasteiger partial charge is 0.309 e. The summed E-state index contributed by atoms with van der Waals surface area (Å²) >= 11 is 0. The van der Waals surface area contributed by atoms with Crippen LogP contribution in [0.15, 0.2) is 182 Å². The molecule has 11 rings (SSSR count). The summed E-state index contributed by atoms with van der Waals surface area (Å²) in [5.74, 6) is 0. The van der Waals surface area contributed by atoms with Crippen molar-refractivity contribution in [2.24, 2.45) is 0 Å². The van der Waals surface area contributed by atoms with Crippen LogP contribution in [0.1, 0.15) is 5.56 Å². The second kappa shape index (κ2) is 12.2. The first-order valence-electron chi connectivity index (χ1n) is 18.4. The van der Waals surface area contributed by atoms with Crippen molar-refractivity contribution in [2.45, 2.75) is 0 Å². The number of hydrogen-bond acceptors (Lipinski definition) is 3. The SMILES string of the molecule is N#Cc1ccc2c3ccc(-c4ccc5ccc6c(-c7cc(-c8ccccn8)cc(-c8ccccn8)c7)ccc7ccc4c5c76)cc3n(-c3ccccc3)c2c1. The number of para-hydroxylation sites is 1. The number of nitrogens with zero attached hydrogens (tertiary/aromatic N) is 4. The van der Waals surface area contributed by atoms with E-state index >= 15 is 0 Å². The number of fused-ring (bicyclic) bond motifs is 3. The summed E-state index contributed by atoms with van der Waals surface area (Å²) in [4.78, 5) is 9.43. The Morgan fingerprint density at radius 3 is 1.55 bits per heavy atom. The molecule has 4 heteroatoms. The molecule has 3 aromatic heterocycles. The fourth-order valence-corrected chi connectivity index (χ4v) is 8.56. The van der Waals surface area contributed by atoms with E-state index in [1.165, 1.54) is 43.4 Å². The van der Waals surface area contributed by atoms with E-state index in [0.717, 1.165) is 61.1 Å². The molecule has 0 radical (unpaired) electrons. The van der Waals surface area contributed by atoms with E-state index in [9.17, 15) is 5.26 Å². The first-order chi connectivity index (χ1) is 27.2. The smallest absolute Gasteiger partial charge is 0.0992 e. The zero-order chi connectivity index (χ0) is 36.5. The molecule has 0 atom stereocenters.